The Morgan fingerprint density at radius 3 is 2.40 bits per heavy atom. The second-order valence-electron chi connectivity index (χ2n) is 5.49. The fourth-order valence-corrected chi connectivity index (χ4v) is 2.62. The first-order valence-electron chi connectivity index (χ1n) is 8.15. The molecular formula is C20H17N3O2. The van der Waals surface area contributed by atoms with Crippen LogP contribution in [0.25, 0.3) is 22.3 Å². The number of benzene rings is 2. The summed E-state index contributed by atoms with van der Waals surface area (Å²) in [5.74, 6) is 2.18. The highest BCUT2D eigenvalue weighted by Crippen LogP contribution is 2.29. The summed E-state index contributed by atoms with van der Waals surface area (Å²) < 4.78 is 11.3. The molecule has 0 aliphatic carbocycles. The van der Waals surface area contributed by atoms with Crippen LogP contribution < -0.4 is 9.47 Å². The van der Waals surface area contributed by atoms with E-state index >= 15 is 0 Å². The van der Waals surface area contributed by atoms with Gasteiger partial charge in [-0.3, -0.25) is 5.10 Å². The zero-order chi connectivity index (χ0) is 17.1. The molecule has 124 valence electrons. The van der Waals surface area contributed by atoms with Crippen LogP contribution >= 0.6 is 0 Å². The Morgan fingerprint density at radius 1 is 0.880 bits per heavy atom. The van der Waals surface area contributed by atoms with Gasteiger partial charge in [0.25, 0.3) is 0 Å². The van der Waals surface area contributed by atoms with Crippen LogP contribution in [-0.2, 0) is 0 Å². The minimum Gasteiger partial charge on any atom is -0.478 e. The summed E-state index contributed by atoms with van der Waals surface area (Å²) in [6.45, 7) is 2.52. The molecule has 1 N–H and O–H groups in total. The van der Waals surface area contributed by atoms with Crippen LogP contribution in [0.5, 0.6) is 17.4 Å². The van der Waals surface area contributed by atoms with Gasteiger partial charge in [-0.25, -0.2) is 4.98 Å². The maximum Gasteiger partial charge on any atom is 0.213 e. The number of para-hydroxylation sites is 1. The summed E-state index contributed by atoms with van der Waals surface area (Å²) >= 11 is 0. The fraction of sp³-hybridized carbons (Fsp3) is 0.100. The molecule has 0 amide bonds. The first kappa shape index (κ1) is 15.2. The van der Waals surface area contributed by atoms with Gasteiger partial charge in [0.05, 0.1) is 12.1 Å². The number of H-pyrrole nitrogens is 1. The fourth-order valence-electron chi connectivity index (χ4n) is 2.62. The maximum absolute atomic E-state index is 5.83. The van der Waals surface area contributed by atoms with Crippen LogP contribution in [0.15, 0.2) is 66.7 Å². The smallest absolute Gasteiger partial charge is 0.213 e. The topological polar surface area (TPSA) is 60.0 Å². The van der Waals surface area contributed by atoms with E-state index in [1.54, 1.807) is 0 Å². The molecule has 5 heteroatoms. The largest absolute Gasteiger partial charge is 0.478 e. The first-order valence-corrected chi connectivity index (χ1v) is 8.15. The Labute approximate surface area is 145 Å². The van der Waals surface area contributed by atoms with E-state index in [4.69, 9.17) is 9.47 Å². The molecule has 0 aliphatic rings. The normalized spacial score (nSPS) is 10.8. The lowest BCUT2D eigenvalue weighted by molar-refractivity contribution is 0.328. The average Bonchev–Trinajstić information content (AvgIpc) is 3.07. The van der Waals surface area contributed by atoms with Crippen molar-refractivity contribution in [1.82, 2.24) is 15.2 Å². The molecule has 0 saturated carbocycles. The molecule has 0 unspecified atom stereocenters. The zero-order valence-electron chi connectivity index (χ0n) is 13.8. The van der Waals surface area contributed by atoms with Crippen molar-refractivity contribution in [3.05, 3.63) is 66.7 Å². The highest BCUT2D eigenvalue weighted by molar-refractivity contribution is 5.89. The van der Waals surface area contributed by atoms with Crippen LogP contribution in [0.4, 0.5) is 0 Å². The first-order chi connectivity index (χ1) is 12.3. The van der Waals surface area contributed by atoms with Gasteiger partial charge < -0.3 is 9.47 Å². The van der Waals surface area contributed by atoms with Crippen LogP contribution in [0.2, 0.25) is 0 Å². The average molecular weight is 331 g/mol. The lowest BCUT2D eigenvalue weighted by atomic mass is 10.1. The number of ether oxygens (including phenoxy) is 2. The molecule has 0 aliphatic heterocycles. The highest BCUT2D eigenvalue weighted by Gasteiger charge is 2.11. The molecule has 25 heavy (non-hydrogen) atoms. The van der Waals surface area contributed by atoms with Crippen molar-refractivity contribution in [2.75, 3.05) is 6.61 Å². The molecule has 5 nitrogen and oxygen atoms in total. The molecule has 4 rings (SSSR count). The molecule has 4 aromatic rings. The molecule has 2 aromatic heterocycles. The van der Waals surface area contributed by atoms with Crippen molar-refractivity contribution in [2.24, 2.45) is 0 Å². The van der Waals surface area contributed by atoms with E-state index < -0.39 is 0 Å². The minimum atomic E-state index is 0.581. The molecule has 0 saturated heterocycles. The van der Waals surface area contributed by atoms with Crippen molar-refractivity contribution in [2.45, 2.75) is 6.92 Å². The summed E-state index contributed by atoms with van der Waals surface area (Å²) in [5.41, 5.74) is 3.43. The number of rotatable bonds is 5. The van der Waals surface area contributed by atoms with Crippen LogP contribution in [0, 0.1) is 0 Å². The molecule has 0 radical (unpaired) electrons. The van der Waals surface area contributed by atoms with E-state index in [0.717, 1.165) is 33.8 Å². The molecular weight excluding hydrogens is 314 g/mol. The van der Waals surface area contributed by atoms with Gasteiger partial charge >= 0.3 is 0 Å². The Bertz CT molecular complexity index is 979. The maximum atomic E-state index is 5.83. The van der Waals surface area contributed by atoms with Crippen molar-refractivity contribution >= 4 is 11.0 Å². The van der Waals surface area contributed by atoms with E-state index in [1.807, 2.05) is 73.7 Å². The lowest BCUT2D eigenvalue weighted by Crippen LogP contribution is -1.94. The molecule has 0 fully saturated rings. The van der Waals surface area contributed by atoms with E-state index in [0.29, 0.717) is 12.5 Å². The van der Waals surface area contributed by atoms with Crippen LogP contribution in [0.1, 0.15) is 6.92 Å². The second-order valence-corrected chi connectivity index (χ2v) is 5.49. The van der Waals surface area contributed by atoms with Crippen molar-refractivity contribution in [3.63, 3.8) is 0 Å². The van der Waals surface area contributed by atoms with Crippen molar-refractivity contribution in [1.29, 1.82) is 0 Å². The SMILES string of the molecule is CCOc1ccc2[nH]nc(-c3ccc(Oc4ccccc4)cc3)c2n1. The second kappa shape index (κ2) is 6.65. The predicted molar refractivity (Wildman–Crippen MR) is 97.0 cm³/mol. The number of hydrogen-bond acceptors (Lipinski definition) is 4. The van der Waals surface area contributed by atoms with Gasteiger partial charge in [-0.2, -0.15) is 5.10 Å². The number of nitrogens with zero attached hydrogens (tertiary/aromatic N) is 2. The summed E-state index contributed by atoms with van der Waals surface area (Å²) in [6, 6.07) is 21.3. The monoisotopic (exact) mass is 331 g/mol. The Hall–Kier alpha value is -3.34. The standard InChI is InChI=1S/C20H17N3O2/c1-2-24-18-13-12-17-20(21-18)19(23-22-17)14-8-10-16(11-9-14)25-15-6-4-3-5-7-15/h3-13H,2H2,1H3,(H,22,23). The molecule has 0 spiro atoms. The number of fused-ring (bicyclic) bond motifs is 1. The highest BCUT2D eigenvalue weighted by atomic mass is 16.5. The van der Waals surface area contributed by atoms with Gasteiger partial charge in [0.1, 0.15) is 22.7 Å². The van der Waals surface area contributed by atoms with Gasteiger partial charge in [0.15, 0.2) is 0 Å². The number of pyridine rings is 1. The molecule has 0 atom stereocenters. The van der Waals surface area contributed by atoms with Crippen molar-refractivity contribution in [3.8, 4) is 28.6 Å². The van der Waals surface area contributed by atoms with Gasteiger partial charge in [0.2, 0.25) is 5.88 Å². The molecule has 2 heterocycles. The summed E-state index contributed by atoms with van der Waals surface area (Å²) in [5, 5.41) is 7.41. The van der Waals surface area contributed by atoms with E-state index in [-0.39, 0.29) is 0 Å². The van der Waals surface area contributed by atoms with Gasteiger partial charge in [-0.05, 0) is 49.4 Å². The number of nitrogens with one attached hydrogen (secondary N) is 1. The summed E-state index contributed by atoms with van der Waals surface area (Å²) in [7, 11) is 0. The third-order valence-electron chi connectivity index (χ3n) is 3.78. The van der Waals surface area contributed by atoms with Crippen molar-refractivity contribution < 1.29 is 9.47 Å². The van der Waals surface area contributed by atoms with E-state index in [9.17, 15) is 0 Å². The zero-order valence-corrected chi connectivity index (χ0v) is 13.8. The predicted octanol–water partition coefficient (Wildman–Crippen LogP) is 4.82. The summed E-state index contributed by atoms with van der Waals surface area (Å²) in [4.78, 5) is 4.54. The molecule has 2 aromatic carbocycles. The van der Waals surface area contributed by atoms with E-state index in [1.165, 1.54) is 0 Å². The van der Waals surface area contributed by atoms with Gasteiger partial charge in [-0.1, -0.05) is 18.2 Å². The van der Waals surface area contributed by atoms with Gasteiger partial charge in [0, 0.05) is 11.6 Å². The Morgan fingerprint density at radius 2 is 1.64 bits per heavy atom. The van der Waals surface area contributed by atoms with Crippen LogP contribution in [0.3, 0.4) is 0 Å². The Balaban J connectivity index is 1.63. The number of hydrogen-bond donors (Lipinski definition) is 1. The Kier molecular flexibility index (Phi) is 4.04. The molecule has 0 bridgehead atoms. The lowest BCUT2D eigenvalue weighted by Gasteiger charge is -2.06. The number of aromatic nitrogens is 3. The number of aromatic amines is 1. The van der Waals surface area contributed by atoms with E-state index in [2.05, 4.69) is 15.2 Å². The third kappa shape index (κ3) is 3.17. The third-order valence-corrected chi connectivity index (χ3v) is 3.78. The van der Waals surface area contributed by atoms with Crippen LogP contribution in [-0.4, -0.2) is 21.8 Å². The quantitative estimate of drug-likeness (QED) is 0.570. The van der Waals surface area contributed by atoms with Gasteiger partial charge in [-0.15, -0.1) is 0 Å². The minimum absolute atomic E-state index is 0.581. The summed E-state index contributed by atoms with van der Waals surface area (Å²) in [6.07, 6.45) is 0.